The molecule has 0 bridgehead atoms. The topological polar surface area (TPSA) is 34.1 Å². The van der Waals surface area contributed by atoms with Crippen molar-refractivity contribution in [1.82, 2.24) is 10.3 Å². The largest absolute Gasteiger partial charge is 0.474 e. The summed E-state index contributed by atoms with van der Waals surface area (Å²) in [5.74, 6) is 0.471. The third-order valence-electron chi connectivity index (χ3n) is 4.54. The predicted octanol–water partition coefficient (Wildman–Crippen LogP) is 3.89. The van der Waals surface area contributed by atoms with Gasteiger partial charge in [-0.2, -0.15) is 0 Å². The van der Waals surface area contributed by atoms with Crippen molar-refractivity contribution in [3.05, 3.63) is 53.6 Å². The van der Waals surface area contributed by atoms with Crippen LogP contribution in [0.4, 0.5) is 4.39 Å². The third kappa shape index (κ3) is 2.75. The summed E-state index contributed by atoms with van der Waals surface area (Å²) in [6.45, 7) is 2.88. The van der Waals surface area contributed by atoms with E-state index < -0.39 is 5.67 Å². The Morgan fingerprint density at radius 3 is 2.96 bits per heavy atom. The number of benzene rings is 1. The fraction of sp³-hybridized carbons (Fsp3) is 0.316. The van der Waals surface area contributed by atoms with Gasteiger partial charge >= 0.3 is 0 Å². The molecule has 122 valence electrons. The molecule has 0 unspecified atom stereocenters. The van der Waals surface area contributed by atoms with Gasteiger partial charge in [0.2, 0.25) is 5.88 Å². The van der Waals surface area contributed by atoms with Gasteiger partial charge in [-0.1, -0.05) is 24.3 Å². The predicted molar refractivity (Wildman–Crippen MR) is 93.5 cm³/mol. The van der Waals surface area contributed by atoms with Crippen molar-refractivity contribution in [2.45, 2.75) is 19.0 Å². The van der Waals surface area contributed by atoms with E-state index in [1.54, 1.807) is 6.07 Å². The van der Waals surface area contributed by atoms with Gasteiger partial charge in [-0.05, 0) is 42.2 Å². The van der Waals surface area contributed by atoms with Gasteiger partial charge in [0, 0.05) is 27.6 Å². The summed E-state index contributed by atoms with van der Waals surface area (Å²) in [5, 5.41) is 2.92. The molecule has 2 aliphatic rings. The lowest BCUT2D eigenvalue weighted by Gasteiger charge is -2.34. The number of pyridine rings is 1. The normalized spacial score (nSPS) is 18.1. The number of hydrogen-bond donors (Lipinski definition) is 1. The van der Waals surface area contributed by atoms with Gasteiger partial charge in [-0.25, -0.2) is 9.37 Å². The highest BCUT2D eigenvalue weighted by Gasteiger charge is 2.38. The van der Waals surface area contributed by atoms with Crippen LogP contribution in [0.1, 0.15) is 20.9 Å². The Morgan fingerprint density at radius 1 is 1.30 bits per heavy atom. The van der Waals surface area contributed by atoms with Crippen molar-refractivity contribution in [1.29, 1.82) is 0 Å². The molecule has 1 N–H and O–H groups in total. The van der Waals surface area contributed by atoms with Crippen molar-refractivity contribution in [2.24, 2.45) is 0 Å². The Hall–Kier alpha value is -2.20. The maximum absolute atomic E-state index is 14.0. The first kappa shape index (κ1) is 14.4. The van der Waals surface area contributed by atoms with Crippen LogP contribution < -0.4 is 10.1 Å². The van der Waals surface area contributed by atoms with Crippen LogP contribution in [0, 0.1) is 0 Å². The fourth-order valence-corrected chi connectivity index (χ4v) is 3.01. The summed E-state index contributed by atoms with van der Waals surface area (Å²) < 4.78 is 19.5. The molecule has 23 heavy (non-hydrogen) atoms. The SMILES string of the molecule is CC1=CCc2ccc(-c3cccc(OCC4(F)CNC4)n3)cc21.[HH].[HH]. The van der Waals surface area contributed by atoms with Crippen LogP contribution in [0.5, 0.6) is 5.88 Å². The number of rotatable bonds is 4. The summed E-state index contributed by atoms with van der Waals surface area (Å²) >= 11 is 0. The Bertz CT molecular complexity index is 791. The highest BCUT2D eigenvalue weighted by atomic mass is 19.1. The van der Waals surface area contributed by atoms with E-state index in [2.05, 4.69) is 41.5 Å². The van der Waals surface area contributed by atoms with Gasteiger partial charge in [0.25, 0.3) is 0 Å². The van der Waals surface area contributed by atoms with Crippen LogP contribution in [-0.4, -0.2) is 30.3 Å². The van der Waals surface area contributed by atoms with Gasteiger partial charge in [-0.15, -0.1) is 0 Å². The number of fused-ring (bicyclic) bond motifs is 1. The summed E-state index contributed by atoms with van der Waals surface area (Å²) in [5.41, 5.74) is 4.61. The van der Waals surface area contributed by atoms with Crippen molar-refractivity contribution in [3.8, 4) is 17.1 Å². The Labute approximate surface area is 138 Å². The van der Waals surface area contributed by atoms with E-state index in [1.165, 1.54) is 16.7 Å². The molecule has 4 heteroatoms. The molecule has 2 heterocycles. The average molecular weight is 314 g/mol. The van der Waals surface area contributed by atoms with Gasteiger partial charge < -0.3 is 10.1 Å². The smallest absolute Gasteiger partial charge is 0.213 e. The first-order chi connectivity index (χ1) is 11.1. The van der Waals surface area contributed by atoms with Crippen LogP contribution in [0.3, 0.4) is 0 Å². The lowest BCUT2D eigenvalue weighted by molar-refractivity contribution is 0.0329. The molecule has 1 saturated heterocycles. The Balaban J connectivity index is 0.00000113. The number of aromatic nitrogens is 1. The van der Waals surface area contributed by atoms with Crippen LogP contribution in [0.15, 0.2) is 42.5 Å². The molecular weight excluding hydrogens is 291 g/mol. The maximum atomic E-state index is 14.0. The Kier molecular flexibility index (Phi) is 3.42. The number of halogens is 1. The van der Waals surface area contributed by atoms with Crippen molar-refractivity contribution in [2.75, 3.05) is 19.7 Å². The number of nitrogens with zero attached hydrogens (tertiary/aromatic N) is 1. The second kappa shape index (κ2) is 5.46. The van der Waals surface area contributed by atoms with Gasteiger partial charge in [-0.3, -0.25) is 0 Å². The number of allylic oxidation sites excluding steroid dienone is 2. The molecule has 3 nitrogen and oxygen atoms in total. The molecule has 2 aromatic rings. The number of nitrogens with one attached hydrogen (secondary N) is 1. The minimum absolute atomic E-state index is 0. The standard InChI is InChI=1S/C19H19FN2O.2H2/c1-13-5-6-14-7-8-15(9-16(13)14)17-3-2-4-18(22-17)23-12-19(20)10-21-11-19;;/h2-5,7-9,21H,6,10-12H2,1H3;2*1H. The summed E-state index contributed by atoms with van der Waals surface area (Å²) in [6.07, 6.45) is 3.25. The van der Waals surface area contributed by atoms with E-state index in [9.17, 15) is 4.39 Å². The third-order valence-corrected chi connectivity index (χ3v) is 4.54. The van der Waals surface area contributed by atoms with E-state index in [-0.39, 0.29) is 9.46 Å². The fourth-order valence-electron chi connectivity index (χ4n) is 3.01. The maximum Gasteiger partial charge on any atom is 0.213 e. The number of hydrogen-bond acceptors (Lipinski definition) is 3. The van der Waals surface area contributed by atoms with E-state index in [0.29, 0.717) is 19.0 Å². The molecule has 1 aliphatic heterocycles. The lowest BCUT2D eigenvalue weighted by atomic mass is 10.0. The van der Waals surface area contributed by atoms with Crippen molar-refractivity contribution in [3.63, 3.8) is 0 Å². The second-order valence-electron chi connectivity index (χ2n) is 6.37. The van der Waals surface area contributed by atoms with Gasteiger partial charge in [0.05, 0.1) is 5.69 Å². The minimum atomic E-state index is -1.26. The molecule has 0 saturated carbocycles. The summed E-state index contributed by atoms with van der Waals surface area (Å²) in [4.78, 5) is 4.53. The van der Waals surface area contributed by atoms with E-state index in [1.807, 2.05) is 12.1 Å². The highest BCUT2D eigenvalue weighted by Crippen LogP contribution is 2.31. The summed E-state index contributed by atoms with van der Waals surface area (Å²) in [6, 6.07) is 12.0. The summed E-state index contributed by atoms with van der Waals surface area (Å²) in [7, 11) is 0. The van der Waals surface area contributed by atoms with Crippen molar-refractivity contribution >= 4 is 5.57 Å². The molecule has 1 aliphatic carbocycles. The molecular formula is C19H23FN2O. The molecule has 4 rings (SSSR count). The molecule has 1 aromatic carbocycles. The molecule has 0 spiro atoms. The monoisotopic (exact) mass is 314 g/mol. The highest BCUT2D eigenvalue weighted by molar-refractivity contribution is 5.76. The number of alkyl halides is 1. The number of ether oxygens (including phenoxy) is 1. The van der Waals surface area contributed by atoms with Crippen LogP contribution >= 0.6 is 0 Å². The minimum Gasteiger partial charge on any atom is -0.474 e. The van der Waals surface area contributed by atoms with Crippen LogP contribution in [0.25, 0.3) is 16.8 Å². The van der Waals surface area contributed by atoms with Crippen molar-refractivity contribution < 1.29 is 12.0 Å². The van der Waals surface area contributed by atoms with E-state index in [0.717, 1.165) is 17.7 Å². The molecule has 0 amide bonds. The molecule has 0 radical (unpaired) electrons. The molecule has 1 fully saturated rings. The lowest BCUT2D eigenvalue weighted by Crippen LogP contribution is -2.59. The molecule has 1 aromatic heterocycles. The van der Waals surface area contributed by atoms with Gasteiger partial charge in [0.1, 0.15) is 6.61 Å². The van der Waals surface area contributed by atoms with Crippen LogP contribution in [-0.2, 0) is 6.42 Å². The van der Waals surface area contributed by atoms with Crippen LogP contribution in [0.2, 0.25) is 0 Å². The van der Waals surface area contributed by atoms with E-state index >= 15 is 0 Å². The molecule has 0 atom stereocenters. The second-order valence-corrected chi connectivity index (χ2v) is 6.37. The quantitative estimate of drug-likeness (QED) is 0.929. The zero-order chi connectivity index (χ0) is 15.9. The first-order valence-electron chi connectivity index (χ1n) is 7.93. The average Bonchev–Trinajstić information content (AvgIpc) is 2.92. The zero-order valence-electron chi connectivity index (χ0n) is 13.1. The first-order valence-corrected chi connectivity index (χ1v) is 7.93. The Morgan fingerprint density at radius 2 is 2.17 bits per heavy atom. The van der Waals surface area contributed by atoms with E-state index in [4.69, 9.17) is 4.74 Å². The zero-order valence-corrected chi connectivity index (χ0v) is 13.1. The van der Waals surface area contributed by atoms with Gasteiger partial charge in [0.15, 0.2) is 5.67 Å².